The van der Waals surface area contributed by atoms with Gasteiger partial charge in [0.15, 0.2) is 0 Å². The summed E-state index contributed by atoms with van der Waals surface area (Å²) in [6.45, 7) is 7.46. The zero-order valence-electron chi connectivity index (χ0n) is 23.5. The number of nitrogens with one attached hydrogen (secondary N) is 2. The number of aromatic amines is 1. The van der Waals surface area contributed by atoms with Crippen LogP contribution < -0.4 is 10.1 Å². The Hall–Kier alpha value is -4.16. The van der Waals surface area contributed by atoms with E-state index in [9.17, 15) is 4.79 Å². The number of H-pyrrole nitrogens is 1. The number of hydrogen-bond acceptors (Lipinski definition) is 4. The van der Waals surface area contributed by atoms with Gasteiger partial charge in [0.05, 0.1) is 11.7 Å². The van der Waals surface area contributed by atoms with Crippen molar-refractivity contribution < 1.29 is 9.53 Å². The summed E-state index contributed by atoms with van der Waals surface area (Å²) in [5, 5.41) is 11.8. The first kappa shape index (κ1) is 27.9. The molecule has 0 saturated carbocycles. The molecule has 0 bridgehead atoms. The van der Waals surface area contributed by atoms with Crippen LogP contribution in [0.4, 0.5) is 0 Å². The van der Waals surface area contributed by atoms with Crippen LogP contribution in [0.1, 0.15) is 43.9 Å². The quantitative estimate of drug-likeness (QED) is 0.179. The lowest BCUT2D eigenvalue weighted by Crippen LogP contribution is -2.44. The Morgan fingerprint density at radius 2 is 1.72 bits per heavy atom. The molecule has 2 N–H and O–H groups in total. The molecule has 0 aliphatic rings. The SMILES string of the molecule is CCC(=C(c1ccc(OCC(C)(C)NCC=CC(=O)N(C)C)cc1)c1ccc2[nH]ncc2c1)c1ccccc1. The van der Waals surface area contributed by atoms with Gasteiger partial charge in [-0.3, -0.25) is 9.89 Å². The van der Waals surface area contributed by atoms with Crippen molar-refractivity contribution in [1.82, 2.24) is 20.4 Å². The second-order valence-electron chi connectivity index (χ2n) is 10.5. The van der Waals surface area contributed by atoms with Crippen molar-refractivity contribution in [3.8, 4) is 5.75 Å². The maximum atomic E-state index is 11.7. The number of hydrogen-bond donors (Lipinski definition) is 2. The van der Waals surface area contributed by atoms with Crippen LogP contribution in [-0.2, 0) is 4.79 Å². The van der Waals surface area contributed by atoms with Crippen molar-refractivity contribution in [2.24, 2.45) is 0 Å². The van der Waals surface area contributed by atoms with Crippen LogP contribution in [-0.4, -0.2) is 53.8 Å². The number of amides is 1. The molecule has 0 unspecified atom stereocenters. The topological polar surface area (TPSA) is 70.2 Å². The van der Waals surface area contributed by atoms with Crippen molar-refractivity contribution in [2.75, 3.05) is 27.2 Å². The minimum Gasteiger partial charge on any atom is -0.492 e. The highest BCUT2D eigenvalue weighted by Gasteiger charge is 2.18. The van der Waals surface area contributed by atoms with E-state index >= 15 is 0 Å². The second-order valence-corrected chi connectivity index (χ2v) is 10.5. The summed E-state index contributed by atoms with van der Waals surface area (Å²) in [7, 11) is 3.48. The molecule has 6 nitrogen and oxygen atoms in total. The Kier molecular flexibility index (Phi) is 8.99. The van der Waals surface area contributed by atoms with E-state index in [1.54, 1.807) is 25.1 Å². The number of likely N-dealkylation sites (N-methyl/N-ethyl adjacent to an activating group) is 1. The molecule has 0 aliphatic heterocycles. The smallest absolute Gasteiger partial charge is 0.245 e. The average Bonchev–Trinajstić information content (AvgIpc) is 3.42. The second kappa shape index (κ2) is 12.6. The predicted octanol–water partition coefficient (Wildman–Crippen LogP) is 6.32. The number of carbonyl (C=O) groups is 1. The zero-order chi connectivity index (χ0) is 27.8. The summed E-state index contributed by atoms with van der Waals surface area (Å²) >= 11 is 0. The summed E-state index contributed by atoms with van der Waals surface area (Å²) < 4.78 is 6.16. The van der Waals surface area contributed by atoms with E-state index in [-0.39, 0.29) is 11.4 Å². The third-order valence-corrected chi connectivity index (χ3v) is 6.65. The van der Waals surface area contributed by atoms with E-state index < -0.39 is 0 Å². The van der Waals surface area contributed by atoms with Gasteiger partial charge in [0, 0.05) is 37.6 Å². The number of carbonyl (C=O) groups excluding carboxylic acids is 1. The van der Waals surface area contributed by atoms with Gasteiger partial charge in [-0.1, -0.05) is 61.5 Å². The van der Waals surface area contributed by atoms with Gasteiger partial charge in [-0.2, -0.15) is 5.10 Å². The summed E-state index contributed by atoms with van der Waals surface area (Å²) in [6, 6.07) is 25.4. The van der Waals surface area contributed by atoms with Gasteiger partial charge in [0.1, 0.15) is 12.4 Å². The van der Waals surface area contributed by atoms with Crippen molar-refractivity contribution in [2.45, 2.75) is 32.7 Å². The van der Waals surface area contributed by atoms with Crippen LogP contribution in [0, 0.1) is 0 Å². The Balaban J connectivity index is 1.55. The third-order valence-electron chi connectivity index (χ3n) is 6.65. The molecule has 39 heavy (non-hydrogen) atoms. The van der Waals surface area contributed by atoms with Crippen LogP contribution in [0.2, 0.25) is 0 Å². The Bertz CT molecular complexity index is 1450. The fourth-order valence-corrected chi connectivity index (χ4v) is 4.45. The van der Waals surface area contributed by atoms with E-state index in [4.69, 9.17) is 4.74 Å². The number of rotatable bonds is 11. The Morgan fingerprint density at radius 1 is 1.00 bits per heavy atom. The molecule has 3 aromatic carbocycles. The number of fused-ring (bicyclic) bond motifs is 1. The van der Waals surface area contributed by atoms with E-state index in [2.05, 4.69) is 96.9 Å². The molecule has 4 rings (SSSR count). The summed E-state index contributed by atoms with van der Waals surface area (Å²) in [4.78, 5) is 13.3. The van der Waals surface area contributed by atoms with Crippen molar-refractivity contribution in [3.63, 3.8) is 0 Å². The molecule has 4 aromatic rings. The third kappa shape index (κ3) is 7.24. The summed E-state index contributed by atoms with van der Waals surface area (Å²) in [6.07, 6.45) is 6.19. The predicted molar refractivity (Wildman–Crippen MR) is 161 cm³/mol. The van der Waals surface area contributed by atoms with Crippen LogP contribution in [0.15, 0.2) is 91.1 Å². The van der Waals surface area contributed by atoms with Gasteiger partial charge < -0.3 is 15.0 Å². The minimum atomic E-state index is -0.266. The lowest BCUT2D eigenvalue weighted by Gasteiger charge is -2.26. The van der Waals surface area contributed by atoms with Crippen molar-refractivity contribution in [1.29, 1.82) is 0 Å². The van der Waals surface area contributed by atoms with Gasteiger partial charge in [-0.15, -0.1) is 0 Å². The molecule has 0 spiro atoms. The lowest BCUT2D eigenvalue weighted by molar-refractivity contribution is -0.123. The monoisotopic (exact) mass is 522 g/mol. The van der Waals surface area contributed by atoms with E-state index in [0.29, 0.717) is 13.2 Å². The van der Waals surface area contributed by atoms with Crippen LogP contribution in [0.3, 0.4) is 0 Å². The molecular weight excluding hydrogens is 484 g/mol. The van der Waals surface area contributed by atoms with E-state index in [0.717, 1.165) is 34.2 Å². The van der Waals surface area contributed by atoms with Crippen molar-refractivity contribution >= 4 is 28.0 Å². The normalized spacial score (nSPS) is 12.5. The van der Waals surface area contributed by atoms with E-state index in [1.807, 2.05) is 24.4 Å². The molecular formula is C33H38N4O2. The lowest BCUT2D eigenvalue weighted by atomic mass is 9.88. The average molecular weight is 523 g/mol. The van der Waals surface area contributed by atoms with E-state index in [1.165, 1.54) is 16.7 Å². The van der Waals surface area contributed by atoms with Gasteiger partial charge in [0.2, 0.25) is 5.91 Å². The fraction of sp³-hybridized carbons (Fsp3) is 0.273. The highest BCUT2D eigenvalue weighted by Crippen LogP contribution is 2.36. The zero-order valence-corrected chi connectivity index (χ0v) is 23.5. The molecule has 0 radical (unpaired) electrons. The standard InChI is InChI=1S/C33H38N4O2/c1-6-29(24-11-8-7-9-12-24)32(26-16-19-30-27(21-26)22-35-36-30)25-14-17-28(18-15-25)39-23-33(2,3)34-20-10-13-31(38)37(4)5/h7-19,21-22,34H,6,20,23H2,1-5H3,(H,35,36). The molecule has 1 aromatic heterocycles. The molecule has 1 heterocycles. The first-order chi connectivity index (χ1) is 18.8. The molecule has 0 saturated heterocycles. The van der Waals surface area contributed by atoms with Gasteiger partial charge in [-0.05, 0) is 72.4 Å². The Morgan fingerprint density at radius 3 is 2.41 bits per heavy atom. The molecule has 202 valence electrons. The molecule has 0 atom stereocenters. The largest absolute Gasteiger partial charge is 0.492 e. The number of ether oxygens (including phenoxy) is 1. The molecule has 1 amide bonds. The molecule has 0 aliphatic carbocycles. The van der Waals surface area contributed by atoms with Crippen LogP contribution in [0.25, 0.3) is 22.0 Å². The highest BCUT2D eigenvalue weighted by atomic mass is 16.5. The highest BCUT2D eigenvalue weighted by molar-refractivity contribution is 6.00. The summed E-state index contributed by atoms with van der Waals surface area (Å²) in [5.74, 6) is 0.789. The number of aromatic nitrogens is 2. The van der Waals surface area contributed by atoms with Crippen LogP contribution >= 0.6 is 0 Å². The van der Waals surface area contributed by atoms with Gasteiger partial charge in [0.25, 0.3) is 0 Å². The van der Waals surface area contributed by atoms with Crippen molar-refractivity contribution in [3.05, 3.63) is 108 Å². The maximum Gasteiger partial charge on any atom is 0.245 e. The number of benzene rings is 3. The first-order valence-electron chi connectivity index (χ1n) is 13.4. The number of allylic oxidation sites excluding steroid dienone is 1. The number of nitrogens with zero attached hydrogens (tertiary/aromatic N) is 2. The summed E-state index contributed by atoms with van der Waals surface area (Å²) in [5.41, 5.74) is 6.77. The maximum absolute atomic E-state index is 11.7. The minimum absolute atomic E-state index is 0.0254. The first-order valence-corrected chi connectivity index (χ1v) is 13.4. The molecule has 0 fully saturated rings. The van der Waals surface area contributed by atoms with Gasteiger partial charge in [-0.25, -0.2) is 0 Å². The van der Waals surface area contributed by atoms with Gasteiger partial charge >= 0.3 is 0 Å². The van der Waals surface area contributed by atoms with Crippen LogP contribution in [0.5, 0.6) is 5.75 Å². The fourth-order valence-electron chi connectivity index (χ4n) is 4.45. The molecule has 6 heteroatoms. The Labute approximate surface area is 231 Å².